The van der Waals surface area contributed by atoms with Crippen LogP contribution in [0.25, 0.3) is 0 Å². The molecule has 2 rings (SSSR count). The maximum absolute atomic E-state index is 11.3. The number of amides is 1. The first kappa shape index (κ1) is 11.4. The van der Waals surface area contributed by atoms with Gasteiger partial charge in [-0.3, -0.25) is 4.79 Å². The summed E-state index contributed by atoms with van der Waals surface area (Å²) in [5.41, 5.74) is 5.74. The summed E-state index contributed by atoms with van der Waals surface area (Å²) >= 11 is 0. The second kappa shape index (κ2) is 4.83. The van der Waals surface area contributed by atoms with Crippen molar-refractivity contribution in [2.75, 3.05) is 18.0 Å². The van der Waals surface area contributed by atoms with E-state index in [9.17, 15) is 4.79 Å². The van der Waals surface area contributed by atoms with Crippen LogP contribution in [0.2, 0.25) is 0 Å². The Bertz CT molecular complexity index is 466. The Morgan fingerprint density at radius 3 is 3.18 bits per heavy atom. The van der Waals surface area contributed by atoms with Gasteiger partial charge in [-0.25, -0.2) is 4.98 Å². The van der Waals surface area contributed by atoms with Gasteiger partial charge in [0.1, 0.15) is 5.82 Å². The molecular formula is C12H14N4O. The van der Waals surface area contributed by atoms with Gasteiger partial charge >= 0.3 is 0 Å². The Labute approximate surface area is 99.9 Å². The fraction of sp³-hybridized carbons (Fsp3) is 0.417. The molecule has 1 aliphatic heterocycles. The van der Waals surface area contributed by atoms with Crippen LogP contribution in [0.5, 0.6) is 0 Å². The lowest BCUT2D eigenvalue weighted by Gasteiger charge is -2.31. The molecule has 0 radical (unpaired) electrons. The third kappa shape index (κ3) is 2.36. The summed E-state index contributed by atoms with van der Waals surface area (Å²) in [5.74, 6) is 0.124. The van der Waals surface area contributed by atoms with Gasteiger partial charge in [-0.1, -0.05) is 0 Å². The third-order valence-electron chi connectivity index (χ3n) is 2.96. The number of rotatable bonds is 2. The molecule has 0 spiro atoms. The van der Waals surface area contributed by atoms with Gasteiger partial charge in [0.25, 0.3) is 5.91 Å². The number of primary amides is 1. The van der Waals surface area contributed by atoms with Crippen LogP contribution >= 0.6 is 0 Å². The van der Waals surface area contributed by atoms with Crippen molar-refractivity contribution in [2.45, 2.75) is 12.8 Å². The number of nitriles is 1. The largest absolute Gasteiger partial charge is 0.365 e. The lowest BCUT2D eigenvalue weighted by atomic mass is 9.99. The molecule has 1 aliphatic rings. The van der Waals surface area contributed by atoms with Gasteiger partial charge in [0.2, 0.25) is 0 Å². The minimum absolute atomic E-state index is 0.00600. The normalized spacial score (nSPS) is 19.7. The molecule has 17 heavy (non-hydrogen) atoms. The first-order valence-electron chi connectivity index (χ1n) is 5.61. The Morgan fingerprint density at radius 1 is 1.65 bits per heavy atom. The SMILES string of the molecule is N#C[C@H]1CCCN(c2ncccc2C(N)=O)C1. The van der Waals surface area contributed by atoms with Crippen LogP contribution in [0.3, 0.4) is 0 Å². The van der Waals surface area contributed by atoms with Crippen molar-refractivity contribution in [3.8, 4) is 6.07 Å². The fourth-order valence-corrected chi connectivity index (χ4v) is 2.12. The number of hydrogen-bond donors (Lipinski definition) is 1. The number of carbonyl (C=O) groups is 1. The number of piperidine rings is 1. The van der Waals surface area contributed by atoms with E-state index in [1.165, 1.54) is 0 Å². The summed E-state index contributed by atoms with van der Waals surface area (Å²) in [5, 5.41) is 8.95. The lowest BCUT2D eigenvalue weighted by Crippen LogP contribution is -2.36. The minimum Gasteiger partial charge on any atom is -0.365 e. The minimum atomic E-state index is -0.479. The van der Waals surface area contributed by atoms with Gasteiger partial charge in [-0.15, -0.1) is 0 Å². The molecule has 0 aromatic carbocycles. The zero-order valence-electron chi connectivity index (χ0n) is 9.47. The number of aromatic nitrogens is 1. The molecule has 0 saturated carbocycles. The van der Waals surface area contributed by atoms with E-state index in [1.54, 1.807) is 18.3 Å². The van der Waals surface area contributed by atoms with E-state index in [0.29, 0.717) is 17.9 Å². The molecule has 1 aromatic heterocycles. The van der Waals surface area contributed by atoms with Crippen molar-refractivity contribution in [1.29, 1.82) is 5.26 Å². The Morgan fingerprint density at radius 2 is 2.47 bits per heavy atom. The van der Waals surface area contributed by atoms with Crippen LogP contribution in [0.4, 0.5) is 5.82 Å². The molecule has 1 atom stereocenters. The molecule has 0 bridgehead atoms. The first-order chi connectivity index (χ1) is 8.22. The van der Waals surface area contributed by atoms with Crippen LogP contribution < -0.4 is 10.6 Å². The highest BCUT2D eigenvalue weighted by Gasteiger charge is 2.23. The predicted octanol–water partition coefficient (Wildman–Crippen LogP) is 0.920. The maximum Gasteiger partial charge on any atom is 0.252 e. The maximum atomic E-state index is 11.3. The van der Waals surface area contributed by atoms with Gasteiger partial charge in [0.05, 0.1) is 17.6 Å². The lowest BCUT2D eigenvalue weighted by molar-refractivity contribution is 0.100. The van der Waals surface area contributed by atoms with E-state index in [-0.39, 0.29) is 5.92 Å². The van der Waals surface area contributed by atoms with Crippen molar-refractivity contribution in [3.05, 3.63) is 23.9 Å². The zero-order chi connectivity index (χ0) is 12.3. The van der Waals surface area contributed by atoms with E-state index >= 15 is 0 Å². The molecule has 2 N–H and O–H groups in total. The van der Waals surface area contributed by atoms with E-state index < -0.39 is 5.91 Å². The number of nitrogens with zero attached hydrogens (tertiary/aromatic N) is 3. The summed E-state index contributed by atoms with van der Waals surface area (Å²) in [6, 6.07) is 5.62. The highest BCUT2D eigenvalue weighted by molar-refractivity contribution is 5.97. The molecule has 5 nitrogen and oxygen atoms in total. The summed E-state index contributed by atoms with van der Waals surface area (Å²) in [7, 11) is 0. The number of pyridine rings is 1. The van der Waals surface area contributed by atoms with Crippen molar-refractivity contribution >= 4 is 11.7 Å². The van der Waals surface area contributed by atoms with Crippen LogP contribution in [-0.2, 0) is 0 Å². The highest BCUT2D eigenvalue weighted by Crippen LogP contribution is 2.23. The van der Waals surface area contributed by atoms with E-state index in [0.717, 1.165) is 19.4 Å². The molecule has 1 aromatic rings. The summed E-state index contributed by atoms with van der Waals surface area (Å²) in [6.07, 6.45) is 3.48. The first-order valence-corrected chi connectivity index (χ1v) is 5.61. The molecule has 1 saturated heterocycles. The van der Waals surface area contributed by atoms with Crippen molar-refractivity contribution < 1.29 is 4.79 Å². The number of carbonyl (C=O) groups excluding carboxylic acids is 1. The van der Waals surface area contributed by atoms with Gasteiger partial charge in [0.15, 0.2) is 0 Å². The van der Waals surface area contributed by atoms with E-state index in [1.807, 2.05) is 4.90 Å². The number of anilines is 1. The van der Waals surface area contributed by atoms with Crippen LogP contribution in [-0.4, -0.2) is 24.0 Å². The van der Waals surface area contributed by atoms with Gasteiger partial charge in [-0.05, 0) is 25.0 Å². The number of hydrogen-bond acceptors (Lipinski definition) is 4. The molecule has 5 heteroatoms. The molecule has 2 heterocycles. The summed E-state index contributed by atoms with van der Waals surface area (Å²) in [6.45, 7) is 1.43. The second-order valence-corrected chi connectivity index (χ2v) is 4.15. The Balaban J connectivity index is 2.28. The standard InChI is InChI=1S/C12H14N4O/c13-7-9-3-2-6-16(8-9)12-10(11(14)17)4-1-5-15-12/h1,4-5,9H,2-3,6,8H2,(H2,14,17)/t9-/m1/s1. The van der Waals surface area contributed by atoms with Crippen LogP contribution in [0.15, 0.2) is 18.3 Å². The Kier molecular flexibility index (Phi) is 3.24. The molecular weight excluding hydrogens is 216 g/mol. The summed E-state index contributed by atoms with van der Waals surface area (Å²) in [4.78, 5) is 17.5. The zero-order valence-corrected chi connectivity index (χ0v) is 9.47. The average molecular weight is 230 g/mol. The van der Waals surface area contributed by atoms with Gasteiger partial charge in [-0.2, -0.15) is 5.26 Å². The average Bonchev–Trinajstić information content (AvgIpc) is 2.39. The number of nitrogens with two attached hydrogens (primary N) is 1. The van der Waals surface area contributed by atoms with Crippen LogP contribution in [0.1, 0.15) is 23.2 Å². The van der Waals surface area contributed by atoms with Gasteiger partial charge in [0, 0.05) is 19.3 Å². The molecule has 88 valence electrons. The third-order valence-corrected chi connectivity index (χ3v) is 2.96. The summed E-state index contributed by atoms with van der Waals surface area (Å²) < 4.78 is 0. The van der Waals surface area contributed by atoms with Gasteiger partial charge < -0.3 is 10.6 Å². The van der Waals surface area contributed by atoms with Crippen molar-refractivity contribution in [2.24, 2.45) is 11.7 Å². The topological polar surface area (TPSA) is 83.0 Å². The molecule has 0 unspecified atom stereocenters. The van der Waals surface area contributed by atoms with Crippen molar-refractivity contribution in [3.63, 3.8) is 0 Å². The quantitative estimate of drug-likeness (QED) is 0.818. The monoisotopic (exact) mass is 230 g/mol. The second-order valence-electron chi connectivity index (χ2n) is 4.15. The highest BCUT2D eigenvalue weighted by atomic mass is 16.1. The van der Waals surface area contributed by atoms with Crippen LogP contribution in [0, 0.1) is 17.2 Å². The smallest absolute Gasteiger partial charge is 0.252 e. The molecule has 0 aliphatic carbocycles. The predicted molar refractivity (Wildman–Crippen MR) is 63.3 cm³/mol. The Hall–Kier alpha value is -2.09. The van der Waals surface area contributed by atoms with E-state index in [4.69, 9.17) is 11.0 Å². The van der Waals surface area contributed by atoms with Crippen molar-refractivity contribution in [1.82, 2.24) is 4.98 Å². The fourth-order valence-electron chi connectivity index (χ4n) is 2.12. The molecule has 1 amide bonds. The molecule has 1 fully saturated rings. The van der Waals surface area contributed by atoms with E-state index in [2.05, 4.69) is 11.1 Å².